The van der Waals surface area contributed by atoms with E-state index in [2.05, 4.69) is 24.1 Å². The number of carbonyl (C=O) groups excluding carboxylic acids is 1. The van der Waals surface area contributed by atoms with E-state index in [9.17, 15) is 4.79 Å². The maximum Gasteiger partial charge on any atom is 0.237 e. The molecule has 0 aromatic heterocycles. The van der Waals surface area contributed by atoms with Gasteiger partial charge in [-0.3, -0.25) is 4.79 Å². The van der Waals surface area contributed by atoms with E-state index in [1.807, 2.05) is 6.92 Å². The number of amides is 1. The van der Waals surface area contributed by atoms with Crippen molar-refractivity contribution in [2.24, 2.45) is 5.73 Å². The molecule has 124 valence electrons. The molecule has 1 rings (SSSR count). The van der Waals surface area contributed by atoms with Gasteiger partial charge in [0, 0.05) is 6.04 Å². The Labute approximate surface area is 130 Å². The Bertz CT molecular complexity index is 308. The molecule has 0 bridgehead atoms. The Morgan fingerprint density at radius 1 is 1.33 bits per heavy atom. The van der Waals surface area contributed by atoms with Crippen molar-refractivity contribution >= 4 is 5.91 Å². The van der Waals surface area contributed by atoms with Crippen LogP contribution in [0.25, 0.3) is 0 Å². The van der Waals surface area contributed by atoms with Gasteiger partial charge in [-0.25, -0.2) is 0 Å². The van der Waals surface area contributed by atoms with E-state index in [4.69, 9.17) is 5.73 Å². The molecule has 21 heavy (non-hydrogen) atoms. The molecular formula is C17H35N3O. The lowest BCUT2D eigenvalue weighted by Gasteiger charge is -2.29. The van der Waals surface area contributed by atoms with Crippen LogP contribution in [0.3, 0.4) is 0 Å². The van der Waals surface area contributed by atoms with Crippen LogP contribution in [0, 0.1) is 0 Å². The van der Waals surface area contributed by atoms with Gasteiger partial charge in [0.1, 0.15) is 0 Å². The molecule has 3 N–H and O–H groups in total. The van der Waals surface area contributed by atoms with E-state index in [1.165, 1.54) is 32.2 Å². The van der Waals surface area contributed by atoms with E-state index >= 15 is 0 Å². The van der Waals surface area contributed by atoms with Gasteiger partial charge in [0.25, 0.3) is 0 Å². The highest BCUT2D eigenvalue weighted by molar-refractivity contribution is 5.84. The Kier molecular flexibility index (Phi) is 8.27. The summed E-state index contributed by atoms with van der Waals surface area (Å²) in [5.74, 6) is -0.223. The second kappa shape index (κ2) is 9.42. The van der Waals surface area contributed by atoms with E-state index in [1.54, 1.807) is 0 Å². The molecular weight excluding hydrogens is 262 g/mol. The van der Waals surface area contributed by atoms with Crippen molar-refractivity contribution in [3.63, 3.8) is 0 Å². The van der Waals surface area contributed by atoms with Crippen LogP contribution >= 0.6 is 0 Å². The zero-order valence-electron chi connectivity index (χ0n) is 14.3. The minimum atomic E-state index is -0.541. The highest BCUT2D eigenvalue weighted by Gasteiger charge is 2.29. The van der Waals surface area contributed by atoms with Crippen molar-refractivity contribution in [2.45, 2.75) is 83.7 Å². The number of nitrogens with one attached hydrogen (secondary N) is 1. The summed E-state index contributed by atoms with van der Waals surface area (Å²) in [6.45, 7) is 9.64. The van der Waals surface area contributed by atoms with Crippen molar-refractivity contribution in [1.82, 2.24) is 10.2 Å². The minimum absolute atomic E-state index is 0.223. The van der Waals surface area contributed by atoms with Crippen LogP contribution in [-0.4, -0.2) is 42.0 Å². The van der Waals surface area contributed by atoms with Crippen LogP contribution in [0.2, 0.25) is 0 Å². The Hall–Kier alpha value is -0.610. The molecule has 1 heterocycles. The normalized spacial score (nSPS) is 23.5. The third kappa shape index (κ3) is 6.35. The number of nitrogens with two attached hydrogens (primary N) is 1. The number of unbranched alkanes of at least 4 members (excludes halogenated alkanes) is 1. The van der Waals surface area contributed by atoms with E-state index in [-0.39, 0.29) is 5.91 Å². The molecule has 0 saturated carbocycles. The van der Waals surface area contributed by atoms with Crippen LogP contribution in [-0.2, 0) is 4.79 Å². The van der Waals surface area contributed by atoms with Crippen molar-refractivity contribution in [2.75, 3.05) is 19.6 Å². The lowest BCUT2D eigenvalue weighted by Crippen LogP contribution is -2.53. The molecule has 0 radical (unpaired) electrons. The minimum Gasteiger partial charge on any atom is -0.368 e. The Balaban J connectivity index is 2.31. The van der Waals surface area contributed by atoms with Gasteiger partial charge in [0.15, 0.2) is 0 Å². The fraction of sp³-hybridized carbons (Fsp3) is 0.941. The maximum atomic E-state index is 11.7. The lowest BCUT2D eigenvalue weighted by atomic mass is 9.93. The molecule has 0 spiro atoms. The number of rotatable bonds is 9. The van der Waals surface area contributed by atoms with Crippen LogP contribution in [0.4, 0.5) is 0 Å². The van der Waals surface area contributed by atoms with E-state index < -0.39 is 5.54 Å². The standard InChI is InChI=1S/C17H35N3O/c1-4-12-19-17(3,16(18)21)11-7-9-14-20-13-8-5-6-10-15(20)2/h15,19H,4-14H2,1-3H3,(H2,18,21). The molecule has 1 amide bonds. The number of hydrogen-bond donors (Lipinski definition) is 2. The van der Waals surface area contributed by atoms with Crippen LogP contribution in [0.5, 0.6) is 0 Å². The average Bonchev–Trinajstić information content (AvgIpc) is 2.66. The van der Waals surface area contributed by atoms with Gasteiger partial charge in [-0.05, 0) is 72.0 Å². The fourth-order valence-corrected chi connectivity index (χ4v) is 3.16. The van der Waals surface area contributed by atoms with Crippen molar-refractivity contribution in [3.8, 4) is 0 Å². The molecule has 0 aliphatic carbocycles. The molecule has 0 aromatic carbocycles. The topological polar surface area (TPSA) is 58.4 Å². The number of carbonyl (C=O) groups is 1. The van der Waals surface area contributed by atoms with Crippen molar-refractivity contribution in [1.29, 1.82) is 0 Å². The zero-order chi connectivity index (χ0) is 15.7. The summed E-state index contributed by atoms with van der Waals surface area (Å²) >= 11 is 0. The predicted octanol–water partition coefficient (Wildman–Crippen LogP) is 2.66. The van der Waals surface area contributed by atoms with Crippen molar-refractivity contribution < 1.29 is 4.79 Å². The molecule has 1 fully saturated rings. The highest BCUT2D eigenvalue weighted by atomic mass is 16.1. The quantitative estimate of drug-likeness (QED) is 0.643. The van der Waals surface area contributed by atoms with Gasteiger partial charge < -0.3 is 16.0 Å². The third-order valence-electron chi connectivity index (χ3n) is 4.87. The predicted molar refractivity (Wildman–Crippen MR) is 89.2 cm³/mol. The summed E-state index contributed by atoms with van der Waals surface area (Å²) in [6.07, 6.45) is 9.48. The molecule has 4 heteroatoms. The first kappa shape index (κ1) is 18.4. The molecule has 2 unspecified atom stereocenters. The number of primary amides is 1. The van der Waals surface area contributed by atoms with Crippen LogP contribution in [0.1, 0.15) is 72.1 Å². The second-order valence-electron chi connectivity index (χ2n) is 6.81. The highest BCUT2D eigenvalue weighted by Crippen LogP contribution is 2.18. The Morgan fingerprint density at radius 2 is 2.10 bits per heavy atom. The lowest BCUT2D eigenvalue weighted by molar-refractivity contribution is -0.124. The van der Waals surface area contributed by atoms with E-state index in [0.717, 1.165) is 38.8 Å². The SMILES string of the molecule is CCCNC(C)(CCCCN1CCCCCC1C)C(N)=O. The molecule has 1 aliphatic heterocycles. The first-order valence-electron chi connectivity index (χ1n) is 8.78. The number of hydrogen-bond acceptors (Lipinski definition) is 3. The van der Waals surface area contributed by atoms with Gasteiger partial charge in [-0.1, -0.05) is 19.8 Å². The third-order valence-corrected chi connectivity index (χ3v) is 4.87. The van der Waals surface area contributed by atoms with Gasteiger partial charge >= 0.3 is 0 Å². The fourth-order valence-electron chi connectivity index (χ4n) is 3.16. The Morgan fingerprint density at radius 3 is 2.76 bits per heavy atom. The number of likely N-dealkylation sites (tertiary alicyclic amines) is 1. The van der Waals surface area contributed by atoms with Gasteiger partial charge in [-0.15, -0.1) is 0 Å². The molecule has 2 atom stereocenters. The summed E-state index contributed by atoms with van der Waals surface area (Å²) in [7, 11) is 0. The number of nitrogens with zero attached hydrogens (tertiary/aromatic N) is 1. The second-order valence-corrected chi connectivity index (χ2v) is 6.81. The van der Waals surface area contributed by atoms with Crippen LogP contribution in [0.15, 0.2) is 0 Å². The summed E-state index contributed by atoms with van der Waals surface area (Å²) in [5, 5.41) is 3.31. The molecule has 4 nitrogen and oxygen atoms in total. The van der Waals surface area contributed by atoms with Gasteiger partial charge in [-0.2, -0.15) is 0 Å². The first-order chi connectivity index (χ1) is 9.99. The smallest absolute Gasteiger partial charge is 0.237 e. The van der Waals surface area contributed by atoms with Gasteiger partial charge in [0.2, 0.25) is 5.91 Å². The zero-order valence-corrected chi connectivity index (χ0v) is 14.3. The van der Waals surface area contributed by atoms with Crippen LogP contribution < -0.4 is 11.1 Å². The monoisotopic (exact) mass is 297 g/mol. The first-order valence-corrected chi connectivity index (χ1v) is 8.78. The average molecular weight is 297 g/mol. The maximum absolute atomic E-state index is 11.7. The summed E-state index contributed by atoms with van der Waals surface area (Å²) < 4.78 is 0. The molecule has 0 aromatic rings. The van der Waals surface area contributed by atoms with Gasteiger partial charge in [0.05, 0.1) is 5.54 Å². The van der Waals surface area contributed by atoms with Crippen molar-refractivity contribution in [3.05, 3.63) is 0 Å². The summed E-state index contributed by atoms with van der Waals surface area (Å²) in [6, 6.07) is 0.716. The summed E-state index contributed by atoms with van der Waals surface area (Å²) in [4.78, 5) is 14.3. The largest absolute Gasteiger partial charge is 0.368 e. The molecule has 1 aliphatic rings. The van der Waals surface area contributed by atoms with E-state index in [0.29, 0.717) is 6.04 Å². The molecule has 1 saturated heterocycles. The summed E-state index contributed by atoms with van der Waals surface area (Å²) in [5.41, 5.74) is 5.03.